The fourth-order valence-electron chi connectivity index (χ4n) is 1.75. The van der Waals surface area contributed by atoms with Crippen molar-refractivity contribution in [2.45, 2.75) is 26.9 Å². The molecule has 0 bridgehead atoms. The molecule has 0 aromatic carbocycles. The van der Waals surface area contributed by atoms with E-state index < -0.39 is 24.3 Å². The molecule has 0 radical (unpaired) electrons. The number of morpholine rings is 1. The second kappa shape index (κ2) is 6.43. The van der Waals surface area contributed by atoms with Crippen LogP contribution in [0.25, 0.3) is 0 Å². The molecule has 0 saturated carbocycles. The molecule has 1 rings (SSSR count). The number of amides is 1. The van der Waals surface area contributed by atoms with E-state index in [4.69, 9.17) is 4.74 Å². The average molecular weight is 296 g/mol. The van der Waals surface area contributed by atoms with E-state index in [0.29, 0.717) is 32.1 Å². The van der Waals surface area contributed by atoms with E-state index >= 15 is 0 Å². The molecule has 0 aromatic rings. The van der Waals surface area contributed by atoms with Gasteiger partial charge in [-0.15, -0.1) is 0 Å². The van der Waals surface area contributed by atoms with Crippen LogP contribution in [0.3, 0.4) is 0 Å². The van der Waals surface area contributed by atoms with Gasteiger partial charge in [-0.25, -0.2) is 4.79 Å². The Balaban J connectivity index is 2.77. The van der Waals surface area contributed by atoms with E-state index in [1.165, 1.54) is 0 Å². The molecule has 1 saturated heterocycles. The minimum atomic E-state index is -4.55. The molecule has 0 aliphatic carbocycles. The third kappa shape index (κ3) is 5.77. The molecule has 0 aromatic heterocycles. The highest BCUT2D eigenvalue weighted by molar-refractivity contribution is 5.95. The number of aliphatic imine (C=N–C) groups is 1. The molecule has 20 heavy (non-hydrogen) atoms. The van der Waals surface area contributed by atoms with Crippen molar-refractivity contribution in [3.8, 4) is 0 Å². The Kier molecular flexibility index (Phi) is 5.38. The molecule has 1 heterocycles. The van der Waals surface area contributed by atoms with Crippen LogP contribution in [-0.4, -0.2) is 55.9 Å². The van der Waals surface area contributed by atoms with Crippen molar-refractivity contribution in [3.05, 3.63) is 0 Å². The number of carbonyl (C=O) groups is 1. The number of rotatable bonds is 1. The number of carbonyl (C=O) groups excluding carboxylic acids is 1. The molecule has 5 nitrogen and oxygen atoms in total. The first-order valence-corrected chi connectivity index (χ1v) is 6.25. The maximum Gasteiger partial charge on any atom is 0.435 e. The Labute approximate surface area is 115 Å². The molecule has 0 N–H and O–H groups in total. The highest BCUT2D eigenvalue weighted by Crippen LogP contribution is 2.21. The van der Waals surface area contributed by atoms with Gasteiger partial charge in [-0.1, -0.05) is 20.8 Å². The fourth-order valence-corrected chi connectivity index (χ4v) is 1.75. The van der Waals surface area contributed by atoms with Gasteiger partial charge in [-0.05, 0) is 0 Å². The number of nitrogens with zero attached hydrogens (tertiary/aromatic N) is 2. The number of amidine groups is 1. The molecule has 8 heteroatoms. The number of halogens is 3. The van der Waals surface area contributed by atoms with Gasteiger partial charge in [-0.3, -0.25) is 0 Å². The summed E-state index contributed by atoms with van der Waals surface area (Å²) in [5.74, 6) is 0.410. The van der Waals surface area contributed by atoms with E-state index in [1.807, 2.05) is 25.7 Å². The maximum absolute atomic E-state index is 12.0. The Hall–Kier alpha value is -1.31. The molecule has 0 spiro atoms. The first-order chi connectivity index (χ1) is 9.09. The Morgan fingerprint density at radius 1 is 1.25 bits per heavy atom. The highest BCUT2D eigenvalue weighted by atomic mass is 19.4. The quantitative estimate of drug-likeness (QED) is 0.551. The number of hydrogen-bond donors (Lipinski definition) is 0. The molecule has 1 aliphatic heterocycles. The fraction of sp³-hybridized carbons (Fsp3) is 0.833. The zero-order valence-corrected chi connectivity index (χ0v) is 11.8. The average Bonchev–Trinajstić information content (AvgIpc) is 2.32. The van der Waals surface area contributed by atoms with Gasteiger partial charge in [0.1, 0.15) is 5.84 Å². The van der Waals surface area contributed by atoms with Crippen molar-refractivity contribution >= 4 is 11.9 Å². The van der Waals surface area contributed by atoms with Crippen LogP contribution in [-0.2, 0) is 9.47 Å². The SMILES string of the molecule is CC(C)(C)/C(=N/C(=O)OCC(F)(F)F)N1CCOCC1. The van der Waals surface area contributed by atoms with Crippen molar-refractivity contribution in [2.24, 2.45) is 10.4 Å². The first-order valence-electron chi connectivity index (χ1n) is 6.25. The van der Waals surface area contributed by atoms with Gasteiger partial charge < -0.3 is 14.4 Å². The van der Waals surface area contributed by atoms with E-state index in [-0.39, 0.29) is 0 Å². The van der Waals surface area contributed by atoms with Gasteiger partial charge in [0.15, 0.2) is 6.61 Å². The Bertz CT molecular complexity index is 369. The molecule has 1 aliphatic rings. The smallest absolute Gasteiger partial charge is 0.435 e. The summed E-state index contributed by atoms with van der Waals surface area (Å²) in [6, 6.07) is 0. The minimum Gasteiger partial charge on any atom is -0.438 e. The zero-order valence-electron chi connectivity index (χ0n) is 11.8. The van der Waals surface area contributed by atoms with Gasteiger partial charge in [-0.2, -0.15) is 18.2 Å². The van der Waals surface area contributed by atoms with E-state index in [9.17, 15) is 18.0 Å². The van der Waals surface area contributed by atoms with Crippen molar-refractivity contribution in [1.82, 2.24) is 4.90 Å². The van der Waals surface area contributed by atoms with E-state index in [2.05, 4.69) is 9.73 Å². The molecule has 0 atom stereocenters. The summed E-state index contributed by atoms with van der Waals surface area (Å²) >= 11 is 0. The summed E-state index contributed by atoms with van der Waals surface area (Å²) in [6.45, 7) is 5.94. The lowest BCUT2D eigenvalue weighted by Crippen LogP contribution is -2.46. The van der Waals surface area contributed by atoms with Crippen LogP contribution in [0.5, 0.6) is 0 Å². The van der Waals surface area contributed by atoms with Gasteiger partial charge >= 0.3 is 12.3 Å². The number of hydrogen-bond acceptors (Lipinski definition) is 3. The summed E-state index contributed by atoms with van der Waals surface area (Å²) in [4.78, 5) is 17.0. The molecular formula is C12H19F3N2O3. The lowest BCUT2D eigenvalue weighted by Gasteiger charge is -2.35. The number of alkyl halides is 3. The number of ether oxygens (including phenoxy) is 2. The molecule has 0 unspecified atom stereocenters. The maximum atomic E-state index is 12.0. The zero-order chi connectivity index (χ0) is 15.4. The topological polar surface area (TPSA) is 51.1 Å². The van der Waals surface area contributed by atoms with Crippen LogP contribution in [0, 0.1) is 5.41 Å². The second-order valence-corrected chi connectivity index (χ2v) is 5.45. The van der Waals surface area contributed by atoms with Crippen LogP contribution >= 0.6 is 0 Å². The summed E-state index contributed by atoms with van der Waals surface area (Å²) in [6.07, 6.45) is -5.77. The van der Waals surface area contributed by atoms with Crippen LogP contribution in [0.15, 0.2) is 4.99 Å². The van der Waals surface area contributed by atoms with Crippen LogP contribution in [0.4, 0.5) is 18.0 Å². The van der Waals surface area contributed by atoms with E-state index in [0.717, 1.165) is 0 Å². The molecule has 1 amide bonds. The Morgan fingerprint density at radius 2 is 1.80 bits per heavy atom. The molecular weight excluding hydrogens is 277 g/mol. The van der Waals surface area contributed by atoms with E-state index in [1.54, 1.807) is 0 Å². The third-order valence-electron chi connectivity index (χ3n) is 2.54. The van der Waals surface area contributed by atoms with Crippen LogP contribution in [0.2, 0.25) is 0 Å². The van der Waals surface area contributed by atoms with Gasteiger partial charge in [0.05, 0.1) is 13.2 Å². The molecule has 116 valence electrons. The predicted molar refractivity (Wildman–Crippen MR) is 66.7 cm³/mol. The lowest BCUT2D eigenvalue weighted by molar-refractivity contribution is -0.159. The van der Waals surface area contributed by atoms with Crippen molar-refractivity contribution in [3.63, 3.8) is 0 Å². The standard InChI is InChI=1S/C12H19F3N2O3/c1-11(2,3)9(17-4-6-19-7-5-17)16-10(18)20-8-12(13,14)15/h4-8H2,1-3H3/b16-9-. The summed E-state index contributed by atoms with van der Waals surface area (Å²) in [5.41, 5.74) is -0.478. The summed E-state index contributed by atoms with van der Waals surface area (Å²) in [7, 11) is 0. The monoisotopic (exact) mass is 296 g/mol. The highest BCUT2D eigenvalue weighted by Gasteiger charge is 2.31. The van der Waals surface area contributed by atoms with Crippen molar-refractivity contribution < 1.29 is 27.4 Å². The van der Waals surface area contributed by atoms with Crippen molar-refractivity contribution in [2.75, 3.05) is 32.9 Å². The predicted octanol–water partition coefficient (Wildman–Crippen LogP) is 2.46. The Morgan fingerprint density at radius 3 is 2.25 bits per heavy atom. The molecule has 1 fully saturated rings. The van der Waals surface area contributed by atoms with Gasteiger partial charge in [0, 0.05) is 18.5 Å². The lowest BCUT2D eigenvalue weighted by atomic mass is 9.93. The van der Waals surface area contributed by atoms with Crippen LogP contribution in [0.1, 0.15) is 20.8 Å². The largest absolute Gasteiger partial charge is 0.438 e. The second-order valence-electron chi connectivity index (χ2n) is 5.45. The van der Waals surface area contributed by atoms with Gasteiger partial charge in [0.2, 0.25) is 0 Å². The minimum absolute atomic E-state index is 0.410. The van der Waals surface area contributed by atoms with Gasteiger partial charge in [0.25, 0.3) is 0 Å². The van der Waals surface area contributed by atoms with Crippen LogP contribution < -0.4 is 0 Å². The summed E-state index contributed by atoms with van der Waals surface area (Å²) in [5, 5.41) is 0. The third-order valence-corrected chi connectivity index (χ3v) is 2.54. The normalized spacial score (nSPS) is 18.1. The summed E-state index contributed by atoms with van der Waals surface area (Å²) < 4.78 is 45.3. The van der Waals surface area contributed by atoms with Crippen molar-refractivity contribution in [1.29, 1.82) is 0 Å². The first kappa shape index (κ1) is 16.7.